The van der Waals surface area contributed by atoms with Gasteiger partial charge in [0.05, 0.1) is 11.7 Å². The lowest BCUT2D eigenvalue weighted by molar-refractivity contribution is -0.289. The molecule has 0 aromatic heterocycles. The Labute approximate surface area is 243 Å². The zero-order valence-corrected chi connectivity index (χ0v) is 22.8. The molecule has 0 aliphatic rings. The second-order valence-electron chi connectivity index (χ2n) is 9.89. The van der Waals surface area contributed by atoms with Gasteiger partial charge in [-0.3, -0.25) is 0 Å². The third-order valence-corrected chi connectivity index (χ3v) is 6.76. The van der Waals surface area contributed by atoms with E-state index in [-0.39, 0.29) is 24.2 Å². The molecule has 4 rings (SSSR count). The number of aliphatic hydroxyl groups excluding tert-OH is 1. The van der Waals surface area contributed by atoms with E-state index in [4.69, 9.17) is 4.74 Å². The lowest BCUT2D eigenvalue weighted by Crippen LogP contribution is -2.34. The average molecular weight is 610 g/mol. The van der Waals surface area contributed by atoms with Crippen LogP contribution in [0, 0.1) is 0 Å². The monoisotopic (exact) mass is 609 g/mol. The summed E-state index contributed by atoms with van der Waals surface area (Å²) in [5.74, 6) is -4.15. The van der Waals surface area contributed by atoms with Gasteiger partial charge < -0.3 is 14.7 Å². The van der Waals surface area contributed by atoms with Crippen LogP contribution in [0.5, 0.6) is 11.5 Å². The van der Waals surface area contributed by atoms with Crippen LogP contribution in [0.25, 0.3) is 0 Å². The minimum absolute atomic E-state index is 0.0861. The fourth-order valence-electron chi connectivity index (χ4n) is 4.43. The first kappa shape index (κ1) is 31.8. The van der Waals surface area contributed by atoms with E-state index in [2.05, 4.69) is 0 Å². The molecule has 0 amide bonds. The maximum absolute atomic E-state index is 14.1. The van der Waals surface area contributed by atoms with Crippen LogP contribution in [-0.4, -0.2) is 17.8 Å². The van der Waals surface area contributed by atoms with Gasteiger partial charge in [0, 0.05) is 30.4 Å². The highest BCUT2D eigenvalue weighted by atomic mass is 19.4. The van der Waals surface area contributed by atoms with Crippen molar-refractivity contribution in [2.45, 2.75) is 44.3 Å². The Bertz CT molecular complexity index is 1520. The second kappa shape index (κ2) is 12.6. The molecule has 1 atom stereocenters. The molecule has 0 aliphatic carbocycles. The largest absolute Gasteiger partial charge is 0.458 e. The number of alkyl halides is 8. The number of rotatable bonds is 10. The molecule has 0 spiro atoms. The minimum Gasteiger partial charge on any atom is -0.457 e. The summed E-state index contributed by atoms with van der Waals surface area (Å²) in [4.78, 5) is 1.52. The molecule has 0 radical (unpaired) electrons. The quantitative estimate of drug-likeness (QED) is 0.182. The Morgan fingerprint density at radius 3 is 1.93 bits per heavy atom. The van der Waals surface area contributed by atoms with Crippen LogP contribution in [0.4, 0.5) is 40.8 Å². The molecule has 228 valence electrons. The number of nitrogens with zero attached hydrogens (tertiary/aromatic N) is 1. The van der Waals surface area contributed by atoms with Gasteiger partial charge in [0.2, 0.25) is 0 Å². The van der Waals surface area contributed by atoms with Crippen LogP contribution in [0.1, 0.15) is 40.8 Å². The molecule has 4 aromatic carbocycles. The first-order valence-electron chi connectivity index (χ1n) is 13.2. The highest BCUT2D eigenvalue weighted by Crippen LogP contribution is 2.44. The number of ether oxygens (including phenoxy) is 1. The SMILES string of the molecule is CCc1cccc(Oc2cccc(N(Cc3cccc(C(F)(F)C(F)(F)F)c3)CC(O)c3ccc(C(F)(F)F)cc3)c2)c1. The summed E-state index contributed by atoms with van der Waals surface area (Å²) < 4.78 is 112. The average Bonchev–Trinajstić information content (AvgIpc) is 2.96. The summed E-state index contributed by atoms with van der Waals surface area (Å²) in [6.07, 6.45) is -10.9. The maximum atomic E-state index is 14.1. The van der Waals surface area contributed by atoms with Gasteiger partial charge in [0.25, 0.3) is 0 Å². The van der Waals surface area contributed by atoms with Crippen LogP contribution in [0.2, 0.25) is 0 Å². The molecule has 43 heavy (non-hydrogen) atoms. The zero-order chi connectivity index (χ0) is 31.4. The number of aryl methyl sites for hydroxylation is 1. The molecule has 3 nitrogen and oxygen atoms in total. The van der Waals surface area contributed by atoms with Crippen molar-refractivity contribution in [2.24, 2.45) is 0 Å². The van der Waals surface area contributed by atoms with E-state index in [0.717, 1.165) is 48.4 Å². The van der Waals surface area contributed by atoms with E-state index < -0.39 is 35.5 Å². The normalized spacial score (nSPS) is 13.1. The topological polar surface area (TPSA) is 32.7 Å². The highest BCUT2D eigenvalue weighted by Gasteiger charge is 2.58. The standard InChI is InChI=1S/C32H27F8NO2/c1-2-21-6-4-10-27(17-21)43-28-11-5-9-26(18-28)41(20-29(42)23-12-14-24(15-13-23)31(35,36)37)19-22-7-3-8-25(16-22)30(33,34)32(38,39)40/h3-18,29,42H,2,19-20H2,1H3. The second-order valence-corrected chi connectivity index (χ2v) is 9.89. The van der Waals surface area contributed by atoms with Gasteiger partial charge in [-0.1, -0.05) is 55.5 Å². The van der Waals surface area contributed by atoms with Crippen molar-refractivity contribution in [1.82, 2.24) is 0 Å². The van der Waals surface area contributed by atoms with Gasteiger partial charge >= 0.3 is 18.3 Å². The van der Waals surface area contributed by atoms with Crippen molar-refractivity contribution in [3.05, 3.63) is 125 Å². The Morgan fingerprint density at radius 2 is 1.30 bits per heavy atom. The molecule has 0 saturated heterocycles. The minimum atomic E-state index is -5.80. The third-order valence-electron chi connectivity index (χ3n) is 6.76. The van der Waals surface area contributed by atoms with Crippen molar-refractivity contribution in [2.75, 3.05) is 11.4 Å². The Kier molecular flexibility index (Phi) is 9.34. The maximum Gasteiger partial charge on any atom is 0.458 e. The number of benzene rings is 4. The van der Waals surface area contributed by atoms with Crippen LogP contribution in [0.15, 0.2) is 97.1 Å². The summed E-state index contributed by atoms with van der Waals surface area (Å²) in [6, 6.07) is 21.7. The number of aliphatic hydroxyl groups is 1. The number of hydrogen-bond donors (Lipinski definition) is 1. The van der Waals surface area contributed by atoms with Crippen molar-refractivity contribution in [1.29, 1.82) is 0 Å². The highest BCUT2D eigenvalue weighted by molar-refractivity contribution is 5.53. The van der Waals surface area contributed by atoms with E-state index >= 15 is 0 Å². The molecule has 0 aliphatic heterocycles. The first-order valence-corrected chi connectivity index (χ1v) is 13.2. The van der Waals surface area contributed by atoms with Gasteiger partial charge in [-0.05, 0) is 65.6 Å². The van der Waals surface area contributed by atoms with Gasteiger partial charge in [-0.2, -0.15) is 35.1 Å². The summed E-state index contributed by atoms with van der Waals surface area (Å²) >= 11 is 0. The van der Waals surface area contributed by atoms with Crippen LogP contribution < -0.4 is 9.64 Å². The molecule has 0 bridgehead atoms. The van der Waals surface area contributed by atoms with Crippen LogP contribution in [-0.2, 0) is 25.1 Å². The number of anilines is 1. The van der Waals surface area contributed by atoms with Gasteiger partial charge in [-0.15, -0.1) is 0 Å². The molecular formula is C32H27F8NO2. The smallest absolute Gasteiger partial charge is 0.457 e. The molecule has 11 heteroatoms. The number of hydrogen-bond acceptors (Lipinski definition) is 3. The van der Waals surface area contributed by atoms with Crippen molar-refractivity contribution in [3.63, 3.8) is 0 Å². The molecule has 1 unspecified atom stereocenters. The van der Waals surface area contributed by atoms with Crippen molar-refractivity contribution in [3.8, 4) is 11.5 Å². The van der Waals surface area contributed by atoms with E-state index in [1.807, 2.05) is 25.1 Å². The molecule has 4 aromatic rings. The predicted molar refractivity (Wildman–Crippen MR) is 146 cm³/mol. The summed E-state index contributed by atoms with van der Waals surface area (Å²) in [5.41, 5.74) is -0.455. The van der Waals surface area contributed by atoms with Gasteiger partial charge in [0.1, 0.15) is 11.5 Å². The summed E-state index contributed by atoms with van der Waals surface area (Å²) in [6.45, 7) is 1.54. The third kappa shape index (κ3) is 7.84. The predicted octanol–water partition coefficient (Wildman–Crippen LogP) is 9.45. The van der Waals surface area contributed by atoms with E-state index in [9.17, 15) is 40.2 Å². The zero-order valence-electron chi connectivity index (χ0n) is 22.8. The van der Waals surface area contributed by atoms with Crippen molar-refractivity contribution >= 4 is 5.69 Å². The fraction of sp³-hybridized carbons (Fsp3) is 0.250. The van der Waals surface area contributed by atoms with Crippen LogP contribution >= 0.6 is 0 Å². The number of halogens is 8. The molecule has 1 N–H and O–H groups in total. The van der Waals surface area contributed by atoms with Gasteiger partial charge in [0.15, 0.2) is 0 Å². The Morgan fingerprint density at radius 1 is 0.698 bits per heavy atom. The van der Waals surface area contributed by atoms with E-state index in [0.29, 0.717) is 23.3 Å². The Balaban J connectivity index is 1.66. The van der Waals surface area contributed by atoms with Crippen molar-refractivity contribution < 1.29 is 45.0 Å². The van der Waals surface area contributed by atoms with Gasteiger partial charge in [-0.25, -0.2) is 0 Å². The lowest BCUT2D eigenvalue weighted by Gasteiger charge is -2.29. The summed E-state index contributed by atoms with van der Waals surface area (Å²) in [5, 5.41) is 11.0. The molecule has 0 saturated carbocycles. The van der Waals surface area contributed by atoms with E-state index in [1.54, 1.807) is 30.3 Å². The fourth-order valence-corrected chi connectivity index (χ4v) is 4.43. The van der Waals surface area contributed by atoms with E-state index in [1.165, 1.54) is 11.0 Å². The molecule has 0 heterocycles. The van der Waals surface area contributed by atoms with Crippen LogP contribution in [0.3, 0.4) is 0 Å². The lowest BCUT2D eigenvalue weighted by atomic mass is 10.0. The molecule has 0 fully saturated rings. The molecular weight excluding hydrogens is 582 g/mol. The summed E-state index contributed by atoms with van der Waals surface area (Å²) in [7, 11) is 0. The first-order chi connectivity index (χ1) is 20.2. The Hall–Kier alpha value is -4.12.